The Balaban J connectivity index is 2.41. The van der Waals surface area contributed by atoms with Crippen LogP contribution in [0.25, 0.3) is 0 Å². The number of carbonyl (C=O) groups is 1. The molecule has 6 heteroatoms. The summed E-state index contributed by atoms with van der Waals surface area (Å²) in [6.07, 6.45) is -1.78. The standard InChI is InChI=1S/C14H16F3NO2/c1-2-7-18(9-3-4-9)10-5-6-12(14(15,16)17)11(8-10)13(19)20/h5-6,8-9H,2-4,7H2,1H3,(H,19,20). The van der Waals surface area contributed by atoms with E-state index in [1.54, 1.807) is 0 Å². The van der Waals surface area contributed by atoms with Crippen molar-refractivity contribution in [3.8, 4) is 0 Å². The van der Waals surface area contributed by atoms with Crippen LogP contribution >= 0.6 is 0 Å². The van der Waals surface area contributed by atoms with Crippen molar-refractivity contribution in [1.29, 1.82) is 0 Å². The normalized spacial score (nSPS) is 15.2. The molecule has 110 valence electrons. The molecule has 2 rings (SSSR count). The molecular formula is C14H16F3NO2. The molecule has 0 aliphatic heterocycles. The van der Waals surface area contributed by atoms with Crippen molar-refractivity contribution in [2.24, 2.45) is 0 Å². The predicted molar refractivity (Wildman–Crippen MR) is 69.1 cm³/mol. The number of rotatable bonds is 5. The van der Waals surface area contributed by atoms with Crippen LogP contribution < -0.4 is 4.90 Å². The third-order valence-electron chi connectivity index (χ3n) is 3.32. The summed E-state index contributed by atoms with van der Waals surface area (Å²) < 4.78 is 38.4. The Hall–Kier alpha value is -1.72. The van der Waals surface area contributed by atoms with Gasteiger partial charge in [-0.15, -0.1) is 0 Å². The van der Waals surface area contributed by atoms with Crippen molar-refractivity contribution in [2.75, 3.05) is 11.4 Å². The monoisotopic (exact) mass is 287 g/mol. The minimum absolute atomic E-state index is 0.327. The molecule has 1 aliphatic carbocycles. The minimum Gasteiger partial charge on any atom is -0.478 e. The molecular weight excluding hydrogens is 271 g/mol. The highest BCUT2D eigenvalue weighted by molar-refractivity contribution is 5.91. The van der Waals surface area contributed by atoms with Gasteiger partial charge in [-0.1, -0.05) is 6.92 Å². The van der Waals surface area contributed by atoms with Gasteiger partial charge in [0.2, 0.25) is 0 Å². The number of aromatic carboxylic acids is 1. The van der Waals surface area contributed by atoms with Gasteiger partial charge in [-0.25, -0.2) is 4.79 Å². The van der Waals surface area contributed by atoms with Gasteiger partial charge < -0.3 is 10.0 Å². The number of hydrogen-bond acceptors (Lipinski definition) is 2. The highest BCUT2D eigenvalue weighted by Crippen LogP contribution is 2.37. The van der Waals surface area contributed by atoms with Crippen LogP contribution in [-0.4, -0.2) is 23.7 Å². The zero-order chi connectivity index (χ0) is 14.9. The molecule has 0 heterocycles. The van der Waals surface area contributed by atoms with E-state index in [1.807, 2.05) is 11.8 Å². The highest BCUT2D eigenvalue weighted by Gasteiger charge is 2.36. The molecule has 1 fully saturated rings. The maximum Gasteiger partial charge on any atom is 0.417 e. The number of carboxylic acids is 1. The second-order valence-corrected chi connectivity index (χ2v) is 4.96. The van der Waals surface area contributed by atoms with E-state index in [-0.39, 0.29) is 0 Å². The van der Waals surface area contributed by atoms with Crippen molar-refractivity contribution in [2.45, 2.75) is 38.4 Å². The summed E-state index contributed by atoms with van der Waals surface area (Å²) in [7, 11) is 0. The van der Waals surface area contributed by atoms with Crippen molar-refractivity contribution >= 4 is 11.7 Å². The Morgan fingerprint density at radius 2 is 2.05 bits per heavy atom. The van der Waals surface area contributed by atoms with E-state index in [0.29, 0.717) is 11.7 Å². The van der Waals surface area contributed by atoms with Crippen LogP contribution in [0, 0.1) is 0 Å². The summed E-state index contributed by atoms with van der Waals surface area (Å²) in [6.45, 7) is 2.70. The lowest BCUT2D eigenvalue weighted by molar-refractivity contribution is -0.138. The van der Waals surface area contributed by atoms with Crippen LogP contribution in [0.3, 0.4) is 0 Å². The molecule has 1 saturated carbocycles. The van der Waals surface area contributed by atoms with Gasteiger partial charge >= 0.3 is 12.1 Å². The van der Waals surface area contributed by atoms with Gasteiger partial charge in [0.15, 0.2) is 0 Å². The molecule has 20 heavy (non-hydrogen) atoms. The summed E-state index contributed by atoms with van der Waals surface area (Å²) in [4.78, 5) is 13.1. The van der Waals surface area contributed by atoms with Crippen molar-refractivity contribution in [1.82, 2.24) is 0 Å². The van der Waals surface area contributed by atoms with Crippen LogP contribution in [-0.2, 0) is 6.18 Å². The van der Waals surface area contributed by atoms with Crippen LogP contribution in [0.2, 0.25) is 0 Å². The van der Waals surface area contributed by atoms with Gasteiger partial charge in [0, 0.05) is 18.3 Å². The van der Waals surface area contributed by atoms with Gasteiger partial charge in [0.25, 0.3) is 0 Å². The van der Waals surface area contributed by atoms with Crippen molar-refractivity contribution in [3.05, 3.63) is 29.3 Å². The predicted octanol–water partition coefficient (Wildman–Crippen LogP) is 3.78. The number of hydrogen-bond donors (Lipinski definition) is 1. The van der Waals surface area contributed by atoms with E-state index in [4.69, 9.17) is 5.11 Å². The molecule has 1 aromatic rings. The largest absolute Gasteiger partial charge is 0.478 e. The molecule has 3 nitrogen and oxygen atoms in total. The smallest absolute Gasteiger partial charge is 0.417 e. The van der Waals surface area contributed by atoms with E-state index in [0.717, 1.165) is 37.9 Å². The summed E-state index contributed by atoms with van der Waals surface area (Å²) in [5.74, 6) is -1.55. The Morgan fingerprint density at radius 1 is 1.40 bits per heavy atom. The van der Waals surface area contributed by atoms with Gasteiger partial charge in [-0.2, -0.15) is 13.2 Å². The zero-order valence-electron chi connectivity index (χ0n) is 11.1. The lowest BCUT2D eigenvalue weighted by Gasteiger charge is -2.25. The number of anilines is 1. The Bertz CT molecular complexity index is 510. The molecule has 1 aliphatic rings. The van der Waals surface area contributed by atoms with Crippen LogP contribution in [0.15, 0.2) is 18.2 Å². The van der Waals surface area contributed by atoms with E-state index < -0.39 is 23.3 Å². The molecule has 0 unspecified atom stereocenters. The average molecular weight is 287 g/mol. The van der Waals surface area contributed by atoms with E-state index in [2.05, 4.69) is 0 Å². The lowest BCUT2D eigenvalue weighted by atomic mass is 10.1. The van der Waals surface area contributed by atoms with E-state index >= 15 is 0 Å². The molecule has 0 spiro atoms. The van der Waals surface area contributed by atoms with Gasteiger partial charge in [0.1, 0.15) is 0 Å². The second-order valence-electron chi connectivity index (χ2n) is 4.96. The molecule has 1 N–H and O–H groups in total. The fourth-order valence-corrected chi connectivity index (χ4v) is 2.28. The SMILES string of the molecule is CCCN(c1ccc(C(F)(F)F)c(C(=O)O)c1)C1CC1. The second kappa shape index (κ2) is 5.34. The van der Waals surface area contributed by atoms with Gasteiger partial charge in [0.05, 0.1) is 11.1 Å². The first-order chi connectivity index (χ1) is 9.34. The molecule has 1 aromatic carbocycles. The van der Waals surface area contributed by atoms with E-state index in [9.17, 15) is 18.0 Å². The first kappa shape index (κ1) is 14.7. The fraction of sp³-hybridized carbons (Fsp3) is 0.500. The third-order valence-corrected chi connectivity index (χ3v) is 3.32. The summed E-state index contributed by atoms with van der Waals surface area (Å²) >= 11 is 0. The molecule has 0 atom stereocenters. The Morgan fingerprint density at radius 3 is 2.50 bits per heavy atom. The maximum atomic E-state index is 12.8. The highest BCUT2D eigenvalue weighted by atomic mass is 19.4. The Kier molecular flexibility index (Phi) is 3.92. The summed E-state index contributed by atoms with van der Waals surface area (Å²) in [5.41, 5.74) is -1.22. The molecule has 0 radical (unpaired) electrons. The maximum absolute atomic E-state index is 12.8. The van der Waals surface area contributed by atoms with Gasteiger partial charge in [-0.3, -0.25) is 0 Å². The fourth-order valence-electron chi connectivity index (χ4n) is 2.28. The van der Waals surface area contributed by atoms with Crippen molar-refractivity contribution < 1.29 is 23.1 Å². The zero-order valence-corrected chi connectivity index (χ0v) is 11.1. The number of carboxylic acid groups (broad SMARTS) is 1. The molecule has 0 aromatic heterocycles. The lowest BCUT2D eigenvalue weighted by Crippen LogP contribution is -2.27. The first-order valence-corrected chi connectivity index (χ1v) is 6.55. The number of alkyl halides is 3. The van der Waals surface area contributed by atoms with Crippen LogP contribution in [0.5, 0.6) is 0 Å². The molecule has 0 amide bonds. The number of nitrogens with zero attached hydrogens (tertiary/aromatic N) is 1. The summed E-state index contributed by atoms with van der Waals surface area (Å²) in [6, 6.07) is 3.69. The van der Waals surface area contributed by atoms with Crippen LogP contribution in [0.1, 0.15) is 42.1 Å². The van der Waals surface area contributed by atoms with Gasteiger partial charge in [-0.05, 0) is 37.5 Å². The topological polar surface area (TPSA) is 40.5 Å². The summed E-state index contributed by atoms with van der Waals surface area (Å²) in [5, 5.41) is 9.00. The van der Waals surface area contributed by atoms with E-state index in [1.165, 1.54) is 6.07 Å². The van der Waals surface area contributed by atoms with Crippen LogP contribution in [0.4, 0.5) is 18.9 Å². The minimum atomic E-state index is -4.65. The Labute approximate surface area is 115 Å². The van der Waals surface area contributed by atoms with Crippen molar-refractivity contribution in [3.63, 3.8) is 0 Å². The average Bonchev–Trinajstić information content (AvgIpc) is 3.18. The third kappa shape index (κ3) is 3.05. The molecule has 0 saturated heterocycles. The number of benzene rings is 1. The molecule has 0 bridgehead atoms. The number of halogens is 3. The quantitative estimate of drug-likeness (QED) is 0.896. The first-order valence-electron chi connectivity index (χ1n) is 6.55.